The number of piperidine rings is 1. The van der Waals surface area contributed by atoms with Crippen LogP contribution in [0.5, 0.6) is 0 Å². The van der Waals surface area contributed by atoms with Crippen LogP contribution >= 0.6 is 11.6 Å². The van der Waals surface area contributed by atoms with Gasteiger partial charge in [0.05, 0.1) is 0 Å². The molecule has 0 aliphatic carbocycles. The third kappa shape index (κ3) is 3.72. The molecule has 6 heteroatoms. The number of aromatic nitrogens is 2. The first-order chi connectivity index (χ1) is 10.7. The Morgan fingerprint density at radius 1 is 1.36 bits per heavy atom. The van der Waals surface area contributed by atoms with Crippen LogP contribution in [-0.2, 0) is 6.54 Å². The van der Waals surface area contributed by atoms with Crippen molar-refractivity contribution in [3.63, 3.8) is 0 Å². The highest BCUT2D eigenvalue weighted by Crippen LogP contribution is 2.19. The summed E-state index contributed by atoms with van der Waals surface area (Å²) >= 11 is 6.06. The number of nitrogens with zero attached hydrogens (tertiary/aromatic N) is 3. The second kappa shape index (κ2) is 7.03. The van der Waals surface area contributed by atoms with E-state index < -0.39 is 0 Å². The lowest BCUT2D eigenvalue weighted by molar-refractivity contribution is 0.419. The van der Waals surface area contributed by atoms with E-state index in [1.54, 1.807) is 12.3 Å². The predicted octanol–water partition coefficient (Wildman–Crippen LogP) is 3.03. The Labute approximate surface area is 134 Å². The molecule has 0 saturated carbocycles. The summed E-state index contributed by atoms with van der Waals surface area (Å²) in [5, 5.41) is 12.1. The van der Waals surface area contributed by atoms with Crippen LogP contribution in [0.2, 0.25) is 5.02 Å². The molecule has 1 unspecified atom stereocenters. The molecule has 0 radical (unpaired) electrons. The van der Waals surface area contributed by atoms with Gasteiger partial charge >= 0.3 is 0 Å². The molecule has 22 heavy (non-hydrogen) atoms. The lowest BCUT2D eigenvalue weighted by atomic mass is 10.1. The third-order valence-corrected chi connectivity index (χ3v) is 4.25. The maximum atomic E-state index is 13.1. The smallest absolute Gasteiger partial charge is 0.151 e. The Morgan fingerprint density at radius 2 is 2.27 bits per heavy atom. The van der Waals surface area contributed by atoms with Crippen molar-refractivity contribution in [3.8, 4) is 0 Å². The van der Waals surface area contributed by atoms with E-state index in [0.717, 1.165) is 37.3 Å². The van der Waals surface area contributed by atoms with Gasteiger partial charge in [-0.15, -0.1) is 5.10 Å². The van der Waals surface area contributed by atoms with E-state index in [9.17, 15) is 4.39 Å². The van der Waals surface area contributed by atoms with Crippen molar-refractivity contribution >= 4 is 17.4 Å². The van der Waals surface area contributed by atoms with Gasteiger partial charge in [0.2, 0.25) is 0 Å². The molecule has 3 rings (SSSR count). The van der Waals surface area contributed by atoms with E-state index in [2.05, 4.69) is 20.4 Å². The number of rotatable bonds is 4. The minimum Gasteiger partial charge on any atom is -0.354 e. The molecule has 2 heterocycles. The van der Waals surface area contributed by atoms with Crippen molar-refractivity contribution < 1.29 is 4.39 Å². The molecule has 0 spiro atoms. The van der Waals surface area contributed by atoms with E-state index in [0.29, 0.717) is 17.6 Å². The van der Waals surface area contributed by atoms with Crippen LogP contribution in [0.15, 0.2) is 36.5 Å². The Kier molecular flexibility index (Phi) is 4.85. The highest BCUT2D eigenvalue weighted by atomic mass is 35.5. The van der Waals surface area contributed by atoms with Gasteiger partial charge in [0.25, 0.3) is 0 Å². The van der Waals surface area contributed by atoms with Crippen LogP contribution in [0, 0.1) is 5.82 Å². The van der Waals surface area contributed by atoms with Gasteiger partial charge in [-0.3, -0.25) is 0 Å². The summed E-state index contributed by atoms with van der Waals surface area (Å²) in [6.45, 7) is 2.52. The normalized spacial score (nSPS) is 18.5. The van der Waals surface area contributed by atoms with E-state index >= 15 is 0 Å². The van der Waals surface area contributed by atoms with Gasteiger partial charge in [-0.2, -0.15) is 5.10 Å². The SMILES string of the molecule is Fc1ccc(CNC2CCCN(c3cccnn3)C2)c(Cl)c1. The zero-order valence-corrected chi connectivity index (χ0v) is 12.9. The van der Waals surface area contributed by atoms with Crippen molar-refractivity contribution in [1.29, 1.82) is 0 Å². The fourth-order valence-corrected chi connectivity index (χ4v) is 2.97. The Balaban J connectivity index is 1.59. The monoisotopic (exact) mass is 320 g/mol. The lowest BCUT2D eigenvalue weighted by Gasteiger charge is -2.33. The Morgan fingerprint density at radius 3 is 3.05 bits per heavy atom. The Bertz CT molecular complexity index is 623. The summed E-state index contributed by atoms with van der Waals surface area (Å²) in [5.41, 5.74) is 0.916. The zero-order chi connectivity index (χ0) is 15.4. The summed E-state index contributed by atoms with van der Waals surface area (Å²) in [5.74, 6) is 0.606. The van der Waals surface area contributed by atoms with Gasteiger partial charge in [0, 0.05) is 36.9 Å². The number of hydrogen-bond acceptors (Lipinski definition) is 4. The first-order valence-electron chi connectivity index (χ1n) is 7.42. The molecular formula is C16H18ClFN4. The number of benzene rings is 1. The topological polar surface area (TPSA) is 41.0 Å². The molecule has 1 aromatic heterocycles. The minimum atomic E-state index is -0.305. The Hall–Kier alpha value is -1.72. The summed E-state index contributed by atoms with van der Waals surface area (Å²) in [7, 11) is 0. The summed E-state index contributed by atoms with van der Waals surface area (Å²) in [6.07, 6.45) is 3.89. The first kappa shape index (κ1) is 15.2. The zero-order valence-electron chi connectivity index (χ0n) is 12.2. The minimum absolute atomic E-state index is 0.305. The van der Waals surface area contributed by atoms with Gasteiger partial charge in [0.15, 0.2) is 5.82 Å². The quantitative estimate of drug-likeness (QED) is 0.940. The maximum Gasteiger partial charge on any atom is 0.151 e. The van der Waals surface area contributed by atoms with E-state index in [1.165, 1.54) is 12.1 Å². The van der Waals surface area contributed by atoms with Crippen LogP contribution < -0.4 is 10.2 Å². The predicted molar refractivity (Wildman–Crippen MR) is 85.5 cm³/mol. The van der Waals surface area contributed by atoms with Crippen molar-refractivity contribution in [2.75, 3.05) is 18.0 Å². The highest BCUT2D eigenvalue weighted by Gasteiger charge is 2.20. The third-order valence-electron chi connectivity index (χ3n) is 3.90. The van der Waals surface area contributed by atoms with Crippen LogP contribution in [0.1, 0.15) is 18.4 Å². The average Bonchev–Trinajstić information content (AvgIpc) is 2.55. The summed E-state index contributed by atoms with van der Waals surface area (Å²) in [6, 6.07) is 8.76. The molecule has 2 aromatic rings. The van der Waals surface area contributed by atoms with Crippen molar-refractivity contribution in [1.82, 2.24) is 15.5 Å². The molecule has 1 fully saturated rings. The molecular weight excluding hydrogens is 303 g/mol. The van der Waals surface area contributed by atoms with Crippen LogP contribution in [0.25, 0.3) is 0 Å². The lowest BCUT2D eigenvalue weighted by Crippen LogP contribution is -2.45. The van der Waals surface area contributed by atoms with Crippen molar-refractivity contribution in [2.45, 2.75) is 25.4 Å². The van der Waals surface area contributed by atoms with Gasteiger partial charge in [-0.1, -0.05) is 17.7 Å². The molecule has 4 nitrogen and oxygen atoms in total. The number of halogens is 2. The average molecular weight is 321 g/mol. The first-order valence-corrected chi connectivity index (χ1v) is 7.80. The van der Waals surface area contributed by atoms with Crippen LogP contribution in [-0.4, -0.2) is 29.3 Å². The fraction of sp³-hybridized carbons (Fsp3) is 0.375. The van der Waals surface area contributed by atoms with E-state index in [-0.39, 0.29) is 5.82 Å². The van der Waals surface area contributed by atoms with Crippen molar-refractivity contribution in [2.24, 2.45) is 0 Å². The molecule has 1 aliphatic heterocycles. The molecule has 1 saturated heterocycles. The molecule has 1 atom stereocenters. The second-order valence-corrected chi connectivity index (χ2v) is 5.89. The van der Waals surface area contributed by atoms with Gasteiger partial charge in [-0.25, -0.2) is 4.39 Å². The van der Waals surface area contributed by atoms with Gasteiger partial charge in [-0.05, 0) is 42.7 Å². The highest BCUT2D eigenvalue weighted by molar-refractivity contribution is 6.31. The van der Waals surface area contributed by atoms with E-state index in [4.69, 9.17) is 11.6 Å². The number of nitrogens with one attached hydrogen (secondary N) is 1. The van der Waals surface area contributed by atoms with Gasteiger partial charge < -0.3 is 10.2 Å². The number of anilines is 1. The van der Waals surface area contributed by atoms with Gasteiger partial charge in [0.1, 0.15) is 5.82 Å². The molecule has 0 bridgehead atoms. The molecule has 0 amide bonds. The molecule has 116 valence electrons. The maximum absolute atomic E-state index is 13.1. The molecule has 1 aromatic carbocycles. The van der Waals surface area contributed by atoms with Crippen LogP contribution in [0.4, 0.5) is 10.2 Å². The molecule has 1 aliphatic rings. The molecule has 1 N–H and O–H groups in total. The van der Waals surface area contributed by atoms with Crippen molar-refractivity contribution in [3.05, 3.63) is 52.9 Å². The number of hydrogen-bond donors (Lipinski definition) is 1. The second-order valence-electron chi connectivity index (χ2n) is 5.48. The van der Waals surface area contributed by atoms with E-state index in [1.807, 2.05) is 12.1 Å². The largest absolute Gasteiger partial charge is 0.354 e. The summed E-state index contributed by atoms with van der Waals surface area (Å²) in [4.78, 5) is 2.24. The summed E-state index contributed by atoms with van der Waals surface area (Å²) < 4.78 is 13.1. The standard InChI is InChI=1S/C16H18ClFN4/c17-15-9-13(18)6-5-12(15)10-19-14-3-2-8-22(11-14)16-4-1-7-20-21-16/h1,4-7,9,14,19H,2-3,8,10-11H2. The fourth-order valence-electron chi connectivity index (χ4n) is 2.73. The van der Waals surface area contributed by atoms with Crippen LogP contribution in [0.3, 0.4) is 0 Å².